The molecule has 0 bridgehead atoms. The monoisotopic (exact) mass is 397 g/mol. The summed E-state index contributed by atoms with van der Waals surface area (Å²) in [5.74, 6) is 1.86. The molecule has 0 saturated carbocycles. The van der Waals surface area contributed by atoms with Gasteiger partial charge >= 0.3 is 0 Å². The number of piperazine rings is 1. The molecule has 1 atom stereocenters. The molecule has 6 heteroatoms. The number of benzene rings is 1. The van der Waals surface area contributed by atoms with Crippen LogP contribution in [0.4, 0.5) is 5.82 Å². The van der Waals surface area contributed by atoms with Crippen molar-refractivity contribution in [3.63, 3.8) is 0 Å². The van der Waals surface area contributed by atoms with Gasteiger partial charge in [0.2, 0.25) is 0 Å². The van der Waals surface area contributed by atoms with Crippen LogP contribution in [0.3, 0.4) is 0 Å². The standard InChI is InChI=1S/C22H27N3O2S/c1-3-24-9-11-25(12-10-24)22-19-8-13-28-21(19)14-20(23-22)17-4-6-18(7-5-17)27-15-16(2)26/h4-8,13-14,16,26H,3,9-12,15H2,1-2H3. The molecular formula is C22H27N3O2S. The van der Waals surface area contributed by atoms with Gasteiger partial charge in [-0.3, -0.25) is 0 Å². The highest BCUT2D eigenvalue weighted by molar-refractivity contribution is 7.17. The van der Waals surface area contributed by atoms with E-state index in [2.05, 4.69) is 34.2 Å². The Bertz CT molecular complexity index is 915. The summed E-state index contributed by atoms with van der Waals surface area (Å²) in [6.45, 7) is 9.55. The normalized spacial score (nSPS) is 16.5. The quantitative estimate of drug-likeness (QED) is 0.684. The molecule has 2 aromatic heterocycles. The minimum Gasteiger partial charge on any atom is -0.491 e. The Kier molecular flexibility index (Phi) is 5.80. The molecule has 1 N–H and O–H groups in total. The largest absolute Gasteiger partial charge is 0.491 e. The van der Waals surface area contributed by atoms with Crippen molar-refractivity contribution in [2.24, 2.45) is 0 Å². The Morgan fingerprint density at radius 1 is 1.14 bits per heavy atom. The van der Waals surface area contributed by atoms with Crippen molar-refractivity contribution in [1.82, 2.24) is 9.88 Å². The lowest BCUT2D eigenvalue weighted by atomic mass is 10.1. The van der Waals surface area contributed by atoms with Crippen LogP contribution in [0.2, 0.25) is 0 Å². The second kappa shape index (κ2) is 8.47. The number of rotatable bonds is 6. The van der Waals surface area contributed by atoms with Crippen molar-refractivity contribution in [3.8, 4) is 17.0 Å². The van der Waals surface area contributed by atoms with Crippen LogP contribution >= 0.6 is 11.3 Å². The lowest BCUT2D eigenvalue weighted by molar-refractivity contribution is 0.123. The smallest absolute Gasteiger partial charge is 0.138 e. The van der Waals surface area contributed by atoms with Crippen LogP contribution in [0.25, 0.3) is 21.3 Å². The van der Waals surface area contributed by atoms with E-state index in [1.807, 2.05) is 24.3 Å². The molecule has 1 saturated heterocycles. The molecule has 1 aromatic carbocycles. The fourth-order valence-corrected chi connectivity index (χ4v) is 4.37. The summed E-state index contributed by atoms with van der Waals surface area (Å²) >= 11 is 1.76. The highest BCUT2D eigenvalue weighted by atomic mass is 32.1. The molecule has 1 fully saturated rings. The Labute approximate surface area is 170 Å². The van der Waals surface area contributed by atoms with Crippen LogP contribution in [0, 0.1) is 0 Å². The molecule has 0 radical (unpaired) electrons. The molecule has 5 nitrogen and oxygen atoms in total. The number of thiophene rings is 1. The van der Waals surface area contributed by atoms with E-state index in [0.717, 1.165) is 55.5 Å². The molecular weight excluding hydrogens is 370 g/mol. The number of likely N-dealkylation sites (N-methyl/N-ethyl adjacent to an activating group) is 1. The van der Waals surface area contributed by atoms with Crippen LogP contribution in [0.5, 0.6) is 5.75 Å². The summed E-state index contributed by atoms with van der Waals surface area (Å²) in [6.07, 6.45) is -0.474. The highest BCUT2D eigenvalue weighted by Crippen LogP contribution is 2.34. The third-order valence-electron chi connectivity index (χ3n) is 5.19. The maximum absolute atomic E-state index is 9.37. The minimum absolute atomic E-state index is 0.298. The number of fused-ring (bicyclic) bond motifs is 1. The first-order valence-electron chi connectivity index (χ1n) is 9.91. The third kappa shape index (κ3) is 4.14. The Morgan fingerprint density at radius 3 is 2.57 bits per heavy atom. The maximum Gasteiger partial charge on any atom is 0.138 e. The van der Waals surface area contributed by atoms with Gasteiger partial charge in [0.15, 0.2) is 0 Å². The zero-order valence-corrected chi connectivity index (χ0v) is 17.3. The number of ether oxygens (including phenoxy) is 1. The molecule has 1 aliphatic heterocycles. The van der Waals surface area contributed by atoms with Crippen molar-refractivity contribution >= 4 is 27.2 Å². The molecule has 0 aliphatic carbocycles. The number of pyridine rings is 1. The summed E-state index contributed by atoms with van der Waals surface area (Å²) in [5.41, 5.74) is 2.07. The van der Waals surface area contributed by atoms with E-state index in [-0.39, 0.29) is 0 Å². The van der Waals surface area contributed by atoms with Gasteiger partial charge in [-0.15, -0.1) is 11.3 Å². The number of nitrogens with zero attached hydrogens (tertiary/aromatic N) is 3. The Hall–Kier alpha value is -2.15. The maximum atomic E-state index is 9.37. The lowest BCUT2D eigenvalue weighted by Crippen LogP contribution is -2.46. The summed E-state index contributed by atoms with van der Waals surface area (Å²) in [7, 11) is 0. The average molecular weight is 398 g/mol. The number of hydrogen-bond donors (Lipinski definition) is 1. The fourth-order valence-electron chi connectivity index (χ4n) is 3.55. The predicted molar refractivity (Wildman–Crippen MR) is 117 cm³/mol. The SMILES string of the molecule is CCN1CCN(c2nc(-c3ccc(OCC(C)O)cc3)cc3sccc23)CC1. The summed E-state index contributed by atoms with van der Waals surface area (Å²) in [6, 6.07) is 12.3. The topological polar surface area (TPSA) is 48.8 Å². The lowest BCUT2D eigenvalue weighted by Gasteiger charge is -2.35. The molecule has 0 amide bonds. The predicted octanol–water partition coefficient (Wildman–Crippen LogP) is 3.86. The number of aliphatic hydroxyl groups excluding tert-OH is 1. The summed E-state index contributed by atoms with van der Waals surface area (Å²) < 4.78 is 6.85. The van der Waals surface area contributed by atoms with E-state index in [1.165, 1.54) is 10.1 Å². The molecule has 1 unspecified atom stereocenters. The molecule has 1 aliphatic rings. The number of aliphatic hydroxyl groups is 1. The summed E-state index contributed by atoms with van der Waals surface area (Å²) in [5, 5.41) is 12.8. The fraction of sp³-hybridized carbons (Fsp3) is 0.409. The van der Waals surface area contributed by atoms with Gasteiger partial charge in [-0.2, -0.15) is 0 Å². The Balaban J connectivity index is 1.61. The zero-order valence-electron chi connectivity index (χ0n) is 16.5. The van der Waals surface area contributed by atoms with Crippen molar-refractivity contribution in [2.45, 2.75) is 20.0 Å². The first kappa shape index (κ1) is 19.2. The molecule has 3 aromatic rings. The van der Waals surface area contributed by atoms with Crippen LogP contribution in [-0.4, -0.2) is 60.4 Å². The zero-order chi connectivity index (χ0) is 19.5. The van der Waals surface area contributed by atoms with Gasteiger partial charge in [-0.25, -0.2) is 4.98 Å². The van der Waals surface area contributed by atoms with Gasteiger partial charge in [-0.05, 0) is 55.2 Å². The van der Waals surface area contributed by atoms with E-state index in [9.17, 15) is 5.11 Å². The minimum atomic E-state index is -0.474. The van der Waals surface area contributed by atoms with Crippen LogP contribution in [-0.2, 0) is 0 Å². The van der Waals surface area contributed by atoms with Gasteiger partial charge in [-0.1, -0.05) is 6.92 Å². The second-order valence-corrected chi connectivity index (χ2v) is 8.22. The van der Waals surface area contributed by atoms with Gasteiger partial charge in [0, 0.05) is 41.8 Å². The molecule has 3 heterocycles. The number of aromatic nitrogens is 1. The first-order valence-corrected chi connectivity index (χ1v) is 10.8. The van der Waals surface area contributed by atoms with Gasteiger partial charge < -0.3 is 19.6 Å². The van der Waals surface area contributed by atoms with Crippen molar-refractivity contribution in [1.29, 1.82) is 0 Å². The van der Waals surface area contributed by atoms with Gasteiger partial charge in [0.1, 0.15) is 18.2 Å². The second-order valence-electron chi connectivity index (χ2n) is 7.27. The number of anilines is 1. The van der Waals surface area contributed by atoms with E-state index >= 15 is 0 Å². The van der Waals surface area contributed by atoms with Crippen molar-refractivity contribution < 1.29 is 9.84 Å². The van der Waals surface area contributed by atoms with E-state index in [1.54, 1.807) is 18.3 Å². The highest BCUT2D eigenvalue weighted by Gasteiger charge is 2.20. The van der Waals surface area contributed by atoms with Gasteiger partial charge in [0.25, 0.3) is 0 Å². The molecule has 4 rings (SSSR count). The van der Waals surface area contributed by atoms with Crippen LogP contribution < -0.4 is 9.64 Å². The first-order chi connectivity index (χ1) is 13.6. The van der Waals surface area contributed by atoms with Crippen molar-refractivity contribution in [2.75, 3.05) is 44.2 Å². The third-order valence-corrected chi connectivity index (χ3v) is 6.05. The van der Waals surface area contributed by atoms with Crippen LogP contribution in [0.15, 0.2) is 41.8 Å². The van der Waals surface area contributed by atoms with Crippen molar-refractivity contribution in [3.05, 3.63) is 41.8 Å². The van der Waals surface area contributed by atoms with Crippen LogP contribution in [0.1, 0.15) is 13.8 Å². The average Bonchev–Trinajstić information content (AvgIpc) is 3.21. The molecule has 148 valence electrons. The van der Waals surface area contributed by atoms with E-state index in [0.29, 0.717) is 6.61 Å². The van der Waals surface area contributed by atoms with E-state index in [4.69, 9.17) is 9.72 Å². The van der Waals surface area contributed by atoms with E-state index < -0.39 is 6.10 Å². The van der Waals surface area contributed by atoms with Gasteiger partial charge in [0.05, 0.1) is 11.8 Å². The molecule has 0 spiro atoms. The number of hydrogen-bond acceptors (Lipinski definition) is 6. The Morgan fingerprint density at radius 2 is 1.89 bits per heavy atom. The molecule has 28 heavy (non-hydrogen) atoms. The summed E-state index contributed by atoms with van der Waals surface area (Å²) in [4.78, 5) is 9.96.